The molecular weight excluding hydrogens is 410 g/mol. The van der Waals surface area contributed by atoms with Crippen LogP contribution >= 0.6 is 11.6 Å². The molecule has 1 aliphatic rings. The predicted octanol–water partition coefficient (Wildman–Crippen LogP) is 6.20. The van der Waals surface area contributed by atoms with Crippen molar-refractivity contribution in [2.75, 3.05) is 0 Å². The summed E-state index contributed by atoms with van der Waals surface area (Å²) in [5.41, 5.74) is 6.66. The first kappa shape index (κ1) is 21.3. The molecule has 4 rings (SSSR count). The van der Waals surface area contributed by atoms with Gasteiger partial charge >= 0.3 is 6.09 Å². The van der Waals surface area contributed by atoms with E-state index in [1.165, 1.54) is 11.1 Å². The van der Waals surface area contributed by atoms with Crippen LogP contribution in [-0.2, 0) is 12.8 Å². The van der Waals surface area contributed by atoms with E-state index >= 15 is 0 Å². The molecule has 0 spiro atoms. The molecule has 0 aliphatic carbocycles. The average Bonchev–Trinajstić information content (AvgIpc) is 3.10. The second-order valence-corrected chi connectivity index (χ2v) is 8.66. The third-order valence-electron chi connectivity index (χ3n) is 5.81. The van der Waals surface area contributed by atoms with Crippen LogP contribution in [0.2, 0.25) is 5.02 Å². The minimum Gasteiger partial charge on any atom is -0.489 e. The Morgan fingerprint density at radius 1 is 1.13 bits per heavy atom. The Morgan fingerprint density at radius 3 is 2.52 bits per heavy atom. The number of rotatable bonds is 6. The Hall–Kier alpha value is -2.98. The highest BCUT2D eigenvalue weighted by Gasteiger charge is 2.30. The third-order valence-corrected chi connectivity index (χ3v) is 6.03. The van der Waals surface area contributed by atoms with Crippen molar-refractivity contribution in [2.45, 2.75) is 45.3 Å². The van der Waals surface area contributed by atoms with Crippen LogP contribution in [0.4, 0.5) is 4.79 Å². The lowest BCUT2D eigenvalue weighted by molar-refractivity contribution is 0.175. The lowest BCUT2D eigenvalue weighted by Gasteiger charge is -2.21. The lowest BCUT2D eigenvalue weighted by Crippen LogP contribution is -2.39. The van der Waals surface area contributed by atoms with Gasteiger partial charge in [-0.2, -0.15) is 0 Å². The Labute approximate surface area is 187 Å². The van der Waals surface area contributed by atoms with Crippen LogP contribution in [0.15, 0.2) is 60.7 Å². The number of carboxylic acid groups (broad SMARTS) is 1. The van der Waals surface area contributed by atoms with E-state index < -0.39 is 6.09 Å². The van der Waals surface area contributed by atoms with Crippen LogP contribution in [-0.4, -0.2) is 23.3 Å². The Bertz CT molecular complexity index is 1080. The van der Waals surface area contributed by atoms with Crippen LogP contribution in [0.1, 0.15) is 28.7 Å². The van der Waals surface area contributed by atoms with Crippen LogP contribution in [0.25, 0.3) is 11.1 Å². The van der Waals surface area contributed by atoms with Crippen molar-refractivity contribution in [1.82, 2.24) is 5.32 Å². The summed E-state index contributed by atoms with van der Waals surface area (Å²) < 4.78 is 6.42. The van der Waals surface area contributed by atoms with Gasteiger partial charge in [-0.3, -0.25) is 0 Å². The fourth-order valence-electron chi connectivity index (χ4n) is 4.53. The summed E-state index contributed by atoms with van der Waals surface area (Å²) in [6.07, 6.45) is 0.779. The van der Waals surface area contributed by atoms with E-state index in [0.29, 0.717) is 24.3 Å². The number of ether oxygens (including phenoxy) is 1. The lowest BCUT2D eigenvalue weighted by atomic mass is 9.93. The largest absolute Gasteiger partial charge is 0.489 e. The summed E-state index contributed by atoms with van der Waals surface area (Å²) in [5, 5.41) is 12.7. The topological polar surface area (TPSA) is 58.6 Å². The number of fused-ring (bicyclic) bond motifs is 1. The maximum absolute atomic E-state index is 11.4. The van der Waals surface area contributed by atoms with Gasteiger partial charge in [0.2, 0.25) is 0 Å². The van der Waals surface area contributed by atoms with Crippen LogP contribution in [0.5, 0.6) is 5.75 Å². The van der Waals surface area contributed by atoms with Gasteiger partial charge in [0.25, 0.3) is 0 Å². The van der Waals surface area contributed by atoms with Gasteiger partial charge in [-0.05, 0) is 60.2 Å². The number of benzene rings is 3. The van der Waals surface area contributed by atoms with Crippen LogP contribution < -0.4 is 10.1 Å². The molecule has 0 saturated carbocycles. The SMILES string of the molecule is Cc1cccc(C)c1-c1cc(Cl)cc2c1OC(CC(Cc1ccccc1)NC(=O)O)C2. The third kappa shape index (κ3) is 4.86. The maximum atomic E-state index is 11.4. The summed E-state index contributed by atoms with van der Waals surface area (Å²) >= 11 is 6.47. The van der Waals surface area contributed by atoms with Crippen molar-refractivity contribution >= 4 is 17.7 Å². The van der Waals surface area contributed by atoms with Crippen LogP contribution in [0.3, 0.4) is 0 Å². The summed E-state index contributed by atoms with van der Waals surface area (Å²) in [5.74, 6) is 0.862. The molecule has 3 aromatic carbocycles. The summed E-state index contributed by atoms with van der Waals surface area (Å²) in [7, 11) is 0. The standard InChI is InChI=1S/C26H26ClNO3/c1-16-7-6-8-17(2)24(16)23-14-20(27)12-19-13-22(31-25(19)23)15-21(28-26(29)30)11-18-9-4-3-5-10-18/h3-10,12,14,21-22,28H,11,13,15H2,1-2H3,(H,29,30). The van der Waals surface area contributed by atoms with E-state index in [1.807, 2.05) is 48.5 Å². The molecular formula is C26H26ClNO3. The molecule has 31 heavy (non-hydrogen) atoms. The number of amides is 1. The average molecular weight is 436 g/mol. The van der Waals surface area contributed by atoms with Crippen molar-refractivity contribution in [2.24, 2.45) is 0 Å². The highest BCUT2D eigenvalue weighted by molar-refractivity contribution is 6.31. The Morgan fingerprint density at radius 2 is 1.84 bits per heavy atom. The number of carbonyl (C=O) groups is 1. The first-order chi connectivity index (χ1) is 14.9. The molecule has 5 heteroatoms. The van der Waals surface area contributed by atoms with E-state index in [-0.39, 0.29) is 12.1 Å². The summed E-state index contributed by atoms with van der Waals surface area (Å²) in [4.78, 5) is 11.4. The first-order valence-corrected chi connectivity index (χ1v) is 10.9. The molecule has 3 aromatic rings. The molecule has 2 atom stereocenters. The minimum absolute atomic E-state index is 0.114. The van der Waals surface area contributed by atoms with Crippen molar-refractivity contribution in [1.29, 1.82) is 0 Å². The second kappa shape index (κ2) is 9.03. The fourth-order valence-corrected chi connectivity index (χ4v) is 4.78. The number of nitrogens with one attached hydrogen (secondary N) is 1. The smallest absolute Gasteiger partial charge is 0.404 e. The van der Waals surface area contributed by atoms with E-state index in [9.17, 15) is 9.90 Å². The Kier molecular flexibility index (Phi) is 6.19. The van der Waals surface area contributed by atoms with Gasteiger partial charge in [0.15, 0.2) is 0 Å². The zero-order valence-corrected chi connectivity index (χ0v) is 18.4. The molecule has 0 saturated heterocycles. The molecule has 2 unspecified atom stereocenters. The van der Waals surface area contributed by atoms with Gasteiger partial charge in [0.05, 0.1) is 0 Å². The predicted molar refractivity (Wildman–Crippen MR) is 124 cm³/mol. The zero-order chi connectivity index (χ0) is 22.0. The monoisotopic (exact) mass is 435 g/mol. The van der Waals surface area contributed by atoms with Gasteiger partial charge < -0.3 is 15.2 Å². The van der Waals surface area contributed by atoms with Gasteiger partial charge in [0.1, 0.15) is 11.9 Å². The van der Waals surface area contributed by atoms with Crippen molar-refractivity contribution in [3.8, 4) is 16.9 Å². The number of hydrogen-bond acceptors (Lipinski definition) is 2. The van der Waals surface area contributed by atoms with Crippen molar-refractivity contribution in [3.05, 3.63) is 87.9 Å². The van der Waals surface area contributed by atoms with Gasteiger partial charge in [-0.25, -0.2) is 4.79 Å². The molecule has 0 bridgehead atoms. The molecule has 1 heterocycles. The first-order valence-electron chi connectivity index (χ1n) is 10.5. The van der Waals surface area contributed by atoms with Gasteiger partial charge in [-0.15, -0.1) is 0 Å². The quantitative estimate of drug-likeness (QED) is 0.484. The fraction of sp³-hybridized carbons (Fsp3) is 0.269. The molecule has 0 aromatic heterocycles. The van der Waals surface area contributed by atoms with E-state index in [1.54, 1.807) is 0 Å². The Balaban J connectivity index is 1.59. The molecule has 160 valence electrons. The molecule has 0 radical (unpaired) electrons. The zero-order valence-electron chi connectivity index (χ0n) is 17.7. The summed E-state index contributed by atoms with van der Waals surface area (Å²) in [6.45, 7) is 4.18. The van der Waals surface area contributed by atoms with Gasteiger partial charge in [-0.1, -0.05) is 60.1 Å². The van der Waals surface area contributed by atoms with E-state index in [4.69, 9.17) is 16.3 Å². The van der Waals surface area contributed by atoms with Crippen molar-refractivity contribution < 1.29 is 14.6 Å². The molecule has 4 nitrogen and oxygen atoms in total. The van der Waals surface area contributed by atoms with Crippen LogP contribution in [0, 0.1) is 13.8 Å². The normalized spacial score (nSPS) is 15.8. The van der Waals surface area contributed by atoms with E-state index in [0.717, 1.165) is 28.0 Å². The second-order valence-electron chi connectivity index (χ2n) is 8.22. The molecule has 1 amide bonds. The number of halogens is 1. The number of hydrogen-bond donors (Lipinski definition) is 2. The van der Waals surface area contributed by atoms with E-state index in [2.05, 4.69) is 31.3 Å². The molecule has 0 fully saturated rings. The summed E-state index contributed by atoms with van der Waals surface area (Å²) in [6, 6.07) is 19.8. The van der Waals surface area contributed by atoms with Crippen molar-refractivity contribution in [3.63, 3.8) is 0 Å². The highest BCUT2D eigenvalue weighted by Crippen LogP contribution is 2.43. The highest BCUT2D eigenvalue weighted by atomic mass is 35.5. The number of aryl methyl sites for hydroxylation is 2. The molecule has 1 aliphatic heterocycles. The molecule has 2 N–H and O–H groups in total. The minimum atomic E-state index is -1.02. The maximum Gasteiger partial charge on any atom is 0.404 e. The van der Waals surface area contributed by atoms with Gasteiger partial charge in [0, 0.05) is 29.5 Å².